The predicted octanol–water partition coefficient (Wildman–Crippen LogP) is 0.807. The molecule has 0 heterocycles. The molecule has 3 amide bonds. The van der Waals surface area contributed by atoms with Gasteiger partial charge >= 0.3 is 12.0 Å². The second-order valence-electron chi connectivity index (χ2n) is 4.96. The van der Waals surface area contributed by atoms with Crippen molar-refractivity contribution < 1.29 is 19.5 Å². The van der Waals surface area contributed by atoms with Crippen LogP contribution in [0.25, 0.3) is 0 Å². The minimum Gasteiger partial charge on any atom is -0.481 e. The van der Waals surface area contributed by atoms with Gasteiger partial charge in [-0.15, -0.1) is 0 Å². The Balaban J connectivity index is 2.36. The zero-order chi connectivity index (χ0) is 16.5. The topological polar surface area (TPSA) is 98.7 Å². The molecule has 0 aliphatic rings. The number of carboxylic acid groups (broad SMARTS) is 1. The number of aliphatic carboxylic acids is 1. The van der Waals surface area contributed by atoms with E-state index in [9.17, 15) is 14.4 Å². The number of likely N-dealkylation sites (N-methyl/N-ethyl adjacent to an activating group) is 1. The Kier molecular flexibility index (Phi) is 7.04. The second kappa shape index (κ2) is 8.78. The molecule has 0 fully saturated rings. The molecule has 0 aliphatic heterocycles. The first-order valence-electron chi connectivity index (χ1n) is 6.94. The molecular formula is C15H21N3O4. The number of carbonyl (C=O) groups is 3. The summed E-state index contributed by atoms with van der Waals surface area (Å²) in [5.41, 5.74) is 0.928. The number of imide groups is 1. The summed E-state index contributed by atoms with van der Waals surface area (Å²) in [6.45, 7) is 2.17. The number of carbonyl (C=O) groups excluding carboxylic acids is 2. The third kappa shape index (κ3) is 6.36. The van der Waals surface area contributed by atoms with Crippen molar-refractivity contribution in [2.45, 2.75) is 25.9 Å². The lowest BCUT2D eigenvalue weighted by Gasteiger charge is -2.22. The van der Waals surface area contributed by atoms with Crippen LogP contribution in [0.2, 0.25) is 0 Å². The number of nitrogens with zero attached hydrogens (tertiary/aromatic N) is 1. The molecule has 120 valence electrons. The zero-order valence-electron chi connectivity index (χ0n) is 12.7. The van der Waals surface area contributed by atoms with Crippen LogP contribution in [0.15, 0.2) is 30.3 Å². The third-order valence-corrected chi connectivity index (χ3v) is 3.25. The highest BCUT2D eigenvalue weighted by Gasteiger charge is 2.20. The molecule has 0 bridgehead atoms. The molecule has 0 saturated carbocycles. The van der Waals surface area contributed by atoms with E-state index in [0.717, 1.165) is 5.56 Å². The molecule has 22 heavy (non-hydrogen) atoms. The van der Waals surface area contributed by atoms with Crippen LogP contribution in [0.4, 0.5) is 4.79 Å². The van der Waals surface area contributed by atoms with Gasteiger partial charge in [-0.2, -0.15) is 0 Å². The summed E-state index contributed by atoms with van der Waals surface area (Å²) in [4.78, 5) is 35.6. The molecule has 0 radical (unpaired) electrons. The number of rotatable bonds is 7. The highest BCUT2D eigenvalue weighted by atomic mass is 16.4. The minimum absolute atomic E-state index is 0.0612. The van der Waals surface area contributed by atoms with Gasteiger partial charge < -0.3 is 10.4 Å². The van der Waals surface area contributed by atoms with E-state index >= 15 is 0 Å². The fourth-order valence-corrected chi connectivity index (χ4v) is 1.70. The molecule has 3 N–H and O–H groups in total. The maximum absolute atomic E-state index is 11.9. The molecule has 0 spiro atoms. The van der Waals surface area contributed by atoms with Crippen LogP contribution in [0.1, 0.15) is 18.9 Å². The van der Waals surface area contributed by atoms with E-state index in [4.69, 9.17) is 5.11 Å². The van der Waals surface area contributed by atoms with Gasteiger partial charge in [-0.25, -0.2) is 4.79 Å². The predicted molar refractivity (Wildman–Crippen MR) is 81.2 cm³/mol. The number of carboxylic acids is 1. The lowest BCUT2D eigenvalue weighted by Crippen LogP contribution is -2.48. The van der Waals surface area contributed by atoms with Crippen molar-refractivity contribution in [3.05, 3.63) is 35.9 Å². The minimum atomic E-state index is -0.930. The molecule has 1 aromatic carbocycles. The van der Waals surface area contributed by atoms with Gasteiger partial charge in [0.1, 0.15) is 0 Å². The number of hydrogen-bond donors (Lipinski definition) is 3. The van der Waals surface area contributed by atoms with Crippen LogP contribution in [0.3, 0.4) is 0 Å². The molecule has 0 aromatic heterocycles. The van der Waals surface area contributed by atoms with Gasteiger partial charge in [0.25, 0.3) is 0 Å². The summed E-state index contributed by atoms with van der Waals surface area (Å²) in [6, 6.07) is 8.16. The molecule has 1 unspecified atom stereocenters. The summed E-state index contributed by atoms with van der Waals surface area (Å²) in [5, 5.41) is 13.4. The van der Waals surface area contributed by atoms with Crippen LogP contribution in [-0.4, -0.2) is 47.5 Å². The van der Waals surface area contributed by atoms with Crippen molar-refractivity contribution in [2.75, 3.05) is 13.6 Å². The average molecular weight is 307 g/mol. The highest BCUT2D eigenvalue weighted by Crippen LogP contribution is 1.99. The van der Waals surface area contributed by atoms with E-state index in [1.807, 2.05) is 30.3 Å². The van der Waals surface area contributed by atoms with Crippen LogP contribution in [0, 0.1) is 0 Å². The van der Waals surface area contributed by atoms with E-state index in [1.165, 1.54) is 0 Å². The first-order valence-corrected chi connectivity index (χ1v) is 6.94. The van der Waals surface area contributed by atoms with Gasteiger partial charge in [-0.05, 0) is 19.5 Å². The molecule has 1 aromatic rings. The molecular weight excluding hydrogens is 286 g/mol. The molecule has 1 atom stereocenters. The van der Waals surface area contributed by atoms with Crippen LogP contribution in [0.5, 0.6) is 0 Å². The van der Waals surface area contributed by atoms with Crippen molar-refractivity contribution in [1.29, 1.82) is 0 Å². The zero-order valence-corrected chi connectivity index (χ0v) is 12.7. The standard InChI is InChI=1S/C15H21N3O4/c1-11(18(2)9-8-13(19)20)14(21)17-15(22)16-10-12-6-4-3-5-7-12/h3-7,11H,8-10H2,1-2H3,(H,19,20)(H2,16,17,21,22). The van der Waals surface area contributed by atoms with Gasteiger partial charge in [0, 0.05) is 13.1 Å². The number of benzene rings is 1. The third-order valence-electron chi connectivity index (χ3n) is 3.25. The molecule has 1 rings (SSSR count). The summed E-state index contributed by atoms with van der Waals surface area (Å²) in [5.74, 6) is -1.40. The van der Waals surface area contributed by atoms with Gasteiger partial charge in [0.05, 0.1) is 12.5 Å². The normalized spacial score (nSPS) is 11.8. The molecule has 7 heteroatoms. The Hall–Kier alpha value is -2.41. The van der Waals surface area contributed by atoms with Gasteiger partial charge in [0.2, 0.25) is 5.91 Å². The lowest BCUT2D eigenvalue weighted by atomic mass is 10.2. The van der Waals surface area contributed by atoms with Crippen molar-refractivity contribution in [2.24, 2.45) is 0 Å². The highest BCUT2D eigenvalue weighted by molar-refractivity contribution is 5.96. The van der Waals surface area contributed by atoms with Crippen LogP contribution < -0.4 is 10.6 Å². The summed E-state index contributed by atoms with van der Waals surface area (Å²) in [6.07, 6.45) is -0.0612. The smallest absolute Gasteiger partial charge is 0.321 e. The Morgan fingerprint density at radius 1 is 1.23 bits per heavy atom. The van der Waals surface area contributed by atoms with E-state index in [-0.39, 0.29) is 13.0 Å². The maximum atomic E-state index is 11.9. The lowest BCUT2D eigenvalue weighted by molar-refractivity contribution is -0.138. The van der Waals surface area contributed by atoms with Crippen molar-refractivity contribution in [3.63, 3.8) is 0 Å². The van der Waals surface area contributed by atoms with Gasteiger partial charge in [-0.3, -0.25) is 19.8 Å². The second-order valence-corrected chi connectivity index (χ2v) is 4.96. The Morgan fingerprint density at radius 2 is 1.86 bits per heavy atom. The molecule has 7 nitrogen and oxygen atoms in total. The van der Waals surface area contributed by atoms with Crippen molar-refractivity contribution >= 4 is 17.9 Å². The first kappa shape index (κ1) is 17.6. The Labute approximate surface area is 129 Å². The van der Waals surface area contributed by atoms with Crippen molar-refractivity contribution in [3.8, 4) is 0 Å². The monoisotopic (exact) mass is 307 g/mol. The number of nitrogens with one attached hydrogen (secondary N) is 2. The number of hydrogen-bond acceptors (Lipinski definition) is 4. The van der Waals surface area contributed by atoms with Gasteiger partial charge in [-0.1, -0.05) is 30.3 Å². The van der Waals surface area contributed by atoms with E-state index < -0.39 is 23.9 Å². The summed E-state index contributed by atoms with van der Waals surface area (Å²) in [7, 11) is 1.63. The number of urea groups is 1. The first-order chi connectivity index (χ1) is 10.4. The average Bonchev–Trinajstić information content (AvgIpc) is 2.50. The summed E-state index contributed by atoms with van der Waals surface area (Å²) < 4.78 is 0. The SMILES string of the molecule is CC(C(=O)NC(=O)NCc1ccccc1)N(C)CCC(=O)O. The Bertz CT molecular complexity index is 519. The van der Waals surface area contributed by atoms with Crippen LogP contribution >= 0.6 is 0 Å². The molecule has 0 aliphatic carbocycles. The fourth-order valence-electron chi connectivity index (χ4n) is 1.70. The van der Waals surface area contributed by atoms with Crippen LogP contribution in [-0.2, 0) is 16.1 Å². The fraction of sp³-hybridized carbons (Fsp3) is 0.400. The van der Waals surface area contributed by atoms with E-state index in [1.54, 1.807) is 18.9 Å². The number of amides is 3. The quantitative estimate of drug-likeness (QED) is 0.692. The van der Waals surface area contributed by atoms with Crippen molar-refractivity contribution in [1.82, 2.24) is 15.5 Å². The Morgan fingerprint density at radius 3 is 2.45 bits per heavy atom. The summed E-state index contributed by atoms with van der Waals surface area (Å²) >= 11 is 0. The van der Waals surface area contributed by atoms with E-state index in [0.29, 0.717) is 6.54 Å². The largest absolute Gasteiger partial charge is 0.481 e. The van der Waals surface area contributed by atoms with Gasteiger partial charge in [0.15, 0.2) is 0 Å². The molecule has 0 saturated heterocycles. The van der Waals surface area contributed by atoms with E-state index in [2.05, 4.69) is 10.6 Å². The maximum Gasteiger partial charge on any atom is 0.321 e.